The van der Waals surface area contributed by atoms with Crippen LogP contribution in [0.2, 0.25) is 0 Å². The number of ether oxygens (including phenoxy) is 3. The molecule has 0 atom stereocenters. The van der Waals surface area contributed by atoms with Crippen molar-refractivity contribution in [2.24, 2.45) is 4.99 Å². The number of hydrogen-bond donors (Lipinski definition) is 0. The van der Waals surface area contributed by atoms with Crippen LogP contribution >= 0.6 is 0 Å². The number of benzene rings is 2. The average molecular weight is 309 g/mol. The summed E-state index contributed by atoms with van der Waals surface area (Å²) in [6.45, 7) is 0. The van der Waals surface area contributed by atoms with E-state index < -0.39 is 5.97 Å². The van der Waals surface area contributed by atoms with E-state index in [0.717, 1.165) is 5.56 Å². The highest BCUT2D eigenvalue weighted by molar-refractivity contribution is 6.13. The Balaban J connectivity index is 1.94. The van der Waals surface area contributed by atoms with Gasteiger partial charge in [0.05, 0.1) is 14.2 Å². The van der Waals surface area contributed by atoms with Crippen LogP contribution in [0.3, 0.4) is 0 Å². The molecular weight excluding hydrogens is 294 g/mol. The molecule has 0 N–H and O–H groups in total. The smallest absolute Gasteiger partial charge is 0.363 e. The Labute approximate surface area is 133 Å². The zero-order valence-electron chi connectivity index (χ0n) is 12.8. The molecule has 0 unspecified atom stereocenters. The van der Waals surface area contributed by atoms with Crippen molar-refractivity contribution in [3.8, 4) is 11.5 Å². The van der Waals surface area contributed by atoms with Gasteiger partial charge in [-0.05, 0) is 29.8 Å². The lowest BCUT2D eigenvalue weighted by Gasteiger charge is -2.08. The van der Waals surface area contributed by atoms with Gasteiger partial charge in [0.15, 0.2) is 17.2 Å². The lowest BCUT2D eigenvalue weighted by Crippen LogP contribution is -2.05. The Morgan fingerprint density at radius 3 is 2.43 bits per heavy atom. The Kier molecular flexibility index (Phi) is 4.10. The number of hydrogen-bond acceptors (Lipinski definition) is 5. The maximum Gasteiger partial charge on any atom is 0.363 e. The Bertz CT molecular complexity index is 794. The fourth-order valence-electron chi connectivity index (χ4n) is 2.21. The normalized spacial score (nSPS) is 15.3. The number of nitrogens with zero attached hydrogens (tertiary/aromatic N) is 1. The van der Waals surface area contributed by atoms with Crippen molar-refractivity contribution in [1.29, 1.82) is 0 Å². The third-order valence-corrected chi connectivity index (χ3v) is 3.35. The maximum atomic E-state index is 12.0. The number of esters is 1. The second-order valence-electron chi connectivity index (χ2n) is 4.82. The lowest BCUT2D eigenvalue weighted by molar-refractivity contribution is -0.129. The molecule has 23 heavy (non-hydrogen) atoms. The topological polar surface area (TPSA) is 57.1 Å². The van der Waals surface area contributed by atoms with Crippen molar-refractivity contribution >= 4 is 17.9 Å². The van der Waals surface area contributed by atoms with E-state index in [-0.39, 0.29) is 11.6 Å². The zero-order valence-corrected chi connectivity index (χ0v) is 12.8. The second kappa shape index (κ2) is 6.36. The van der Waals surface area contributed by atoms with Crippen molar-refractivity contribution in [1.82, 2.24) is 0 Å². The average Bonchev–Trinajstić information content (AvgIpc) is 2.96. The first kappa shape index (κ1) is 14.8. The van der Waals surface area contributed by atoms with E-state index in [0.29, 0.717) is 17.1 Å². The van der Waals surface area contributed by atoms with Crippen molar-refractivity contribution in [2.75, 3.05) is 14.2 Å². The van der Waals surface area contributed by atoms with E-state index >= 15 is 0 Å². The summed E-state index contributed by atoms with van der Waals surface area (Å²) in [5.74, 6) is 0.919. The van der Waals surface area contributed by atoms with Crippen LogP contribution in [-0.4, -0.2) is 26.1 Å². The zero-order chi connectivity index (χ0) is 16.2. The van der Waals surface area contributed by atoms with Crippen molar-refractivity contribution in [3.63, 3.8) is 0 Å². The minimum Gasteiger partial charge on any atom is -0.493 e. The highest BCUT2D eigenvalue weighted by Crippen LogP contribution is 2.29. The molecule has 0 aliphatic carbocycles. The highest BCUT2D eigenvalue weighted by atomic mass is 16.6. The summed E-state index contributed by atoms with van der Waals surface area (Å²) in [6.07, 6.45) is 1.69. The number of rotatable bonds is 4. The van der Waals surface area contributed by atoms with Gasteiger partial charge in [-0.1, -0.05) is 30.3 Å². The molecule has 0 spiro atoms. The Morgan fingerprint density at radius 2 is 1.74 bits per heavy atom. The lowest BCUT2D eigenvalue weighted by atomic mass is 10.2. The van der Waals surface area contributed by atoms with Crippen molar-refractivity contribution in [2.45, 2.75) is 0 Å². The van der Waals surface area contributed by atoms with Crippen LogP contribution in [0.1, 0.15) is 11.1 Å². The molecule has 3 rings (SSSR count). The van der Waals surface area contributed by atoms with Gasteiger partial charge in [-0.15, -0.1) is 0 Å². The van der Waals surface area contributed by atoms with E-state index in [9.17, 15) is 4.79 Å². The van der Waals surface area contributed by atoms with Crippen molar-refractivity contribution < 1.29 is 19.0 Å². The van der Waals surface area contributed by atoms with Gasteiger partial charge in [-0.25, -0.2) is 9.79 Å². The number of carbonyl (C=O) groups is 1. The van der Waals surface area contributed by atoms with Crippen molar-refractivity contribution in [3.05, 3.63) is 65.4 Å². The fourth-order valence-corrected chi connectivity index (χ4v) is 2.21. The molecule has 1 aliphatic rings. The molecule has 2 aromatic carbocycles. The van der Waals surface area contributed by atoms with Gasteiger partial charge in [-0.2, -0.15) is 0 Å². The molecular formula is C18H15NO4. The van der Waals surface area contributed by atoms with Gasteiger partial charge < -0.3 is 14.2 Å². The molecule has 5 heteroatoms. The van der Waals surface area contributed by atoms with E-state index in [2.05, 4.69) is 4.99 Å². The predicted octanol–water partition coefficient (Wildman–Crippen LogP) is 3.05. The molecule has 0 saturated carbocycles. The molecule has 2 aromatic rings. The van der Waals surface area contributed by atoms with Gasteiger partial charge in [0.1, 0.15) is 0 Å². The molecule has 1 aliphatic heterocycles. The summed E-state index contributed by atoms with van der Waals surface area (Å²) in [6, 6.07) is 14.7. The van der Waals surface area contributed by atoms with E-state index in [1.807, 2.05) is 30.3 Å². The van der Waals surface area contributed by atoms with Gasteiger partial charge >= 0.3 is 5.97 Å². The highest BCUT2D eigenvalue weighted by Gasteiger charge is 2.24. The summed E-state index contributed by atoms with van der Waals surface area (Å²) in [5, 5.41) is 0. The van der Waals surface area contributed by atoms with Crippen LogP contribution in [0, 0.1) is 0 Å². The van der Waals surface area contributed by atoms with Crippen LogP contribution in [0.4, 0.5) is 0 Å². The van der Waals surface area contributed by atoms with Crippen LogP contribution in [0.5, 0.6) is 11.5 Å². The van der Waals surface area contributed by atoms with E-state index in [4.69, 9.17) is 14.2 Å². The number of methoxy groups -OCH3 is 2. The predicted molar refractivity (Wildman–Crippen MR) is 86.6 cm³/mol. The first-order valence-electron chi connectivity index (χ1n) is 7.01. The van der Waals surface area contributed by atoms with Crippen LogP contribution < -0.4 is 9.47 Å². The van der Waals surface area contributed by atoms with Gasteiger partial charge in [0.25, 0.3) is 0 Å². The molecule has 0 saturated heterocycles. The number of carbonyl (C=O) groups excluding carboxylic acids is 1. The third-order valence-electron chi connectivity index (χ3n) is 3.35. The molecule has 0 radical (unpaired) electrons. The number of cyclic esters (lactones) is 1. The molecule has 116 valence electrons. The van der Waals surface area contributed by atoms with Gasteiger partial charge in [0.2, 0.25) is 5.90 Å². The minimum atomic E-state index is -0.473. The van der Waals surface area contributed by atoms with Gasteiger partial charge in [-0.3, -0.25) is 0 Å². The third kappa shape index (κ3) is 3.08. The molecule has 0 bridgehead atoms. The first-order chi connectivity index (χ1) is 11.2. The fraction of sp³-hybridized carbons (Fsp3) is 0.111. The quantitative estimate of drug-likeness (QED) is 0.643. The van der Waals surface area contributed by atoms with E-state index in [1.165, 1.54) is 0 Å². The monoisotopic (exact) mass is 309 g/mol. The minimum absolute atomic E-state index is 0.248. The molecule has 0 aromatic heterocycles. The van der Waals surface area contributed by atoms with Crippen LogP contribution in [0.25, 0.3) is 6.08 Å². The molecule has 0 amide bonds. The SMILES string of the molecule is COc1ccc(C2=N/C(=C/c3ccccc3)C(=O)O2)cc1OC. The molecule has 1 heterocycles. The largest absolute Gasteiger partial charge is 0.493 e. The summed E-state index contributed by atoms with van der Waals surface area (Å²) in [5.41, 5.74) is 1.80. The summed E-state index contributed by atoms with van der Waals surface area (Å²) in [4.78, 5) is 16.3. The molecule has 0 fully saturated rings. The summed E-state index contributed by atoms with van der Waals surface area (Å²) >= 11 is 0. The molecule has 5 nitrogen and oxygen atoms in total. The maximum absolute atomic E-state index is 12.0. The first-order valence-corrected chi connectivity index (χ1v) is 7.01. The standard InChI is InChI=1S/C18H15NO4/c1-21-15-9-8-13(11-16(15)22-2)17-19-14(18(20)23-17)10-12-6-4-3-5-7-12/h3-11H,1-2H3/b14-10+. The summed E-state index contributed by atoms with van der Waals surface area (Å²) in [7, 11) is 3.11. The van der Waals surface area contributed by atoms with Gasteiger partial charge in [0, 0.05) is 5.56 Å². The number of aliphatic imine (C=N–C) groups is 1. The van der Waals surface area contributed by atoms with Crippen LogP contribution in [0.15, 0.2) is 59.2 Å². The van der Waals surface area contributed by atoms with E-state index in [1.54, 1.807) is 38.5 Å². The second-order valence-corrected chi connectivity index (χ2v) is 4.82. The van der Waals surface area contributed by atoms with Crippen LogP contribution in [-0.2, 0) is 9.53 Å². The summed E-state index contributed by atoms with van der Waals surface area (Å²) < 4.78 is 15.7. The Hall–Kier alpha value is -3.08. The Morgan fingerprint density at radius 1 is 1.00 bits per heavy atom.